The number of benzene rings is 2. The van der Waals surface area contributed by atoms with Crippen molar-refractivity contribution in [3.05, 3.63) is 60.7 Å². The van der Waals surface area contributed by atoms with Crippen molar-refractivity contribution in [3.8, 4) is 0 Å². The van der Waals surface area contributed by atoms with Gasteiger partial charge in [0.2, 0.25) is 7.29 Å². The Morgan fingerprint density at radius 1 is 1.00 bits per heavy atom. The molecule has 2 nitrogen and oxygen atoms in total. The largest absolute Gasteiger partial charge is 0.296 e. The fourth-order valence-electron chi connectivity index (χ4n) is 2.90. The van der Waals surface area contributed by atoms with Crippen molar-refractivity contribution >= 4 is 17.9 Å². The van der Waals surface area contributed by atoms with E-state index < -0.39 is 7.29 Å². The van der Waals surface area contributed by atoms with Crippen molar-refractivity contribution in [2.24, 2.45) is 0 Å². The van der Waals surface area contributed by atoms with Gasteiger partial charge in [0.25, 0.3) is 0 Å². The summed E-state index contributed by atoms with van der Waals surface area (Å²) >= 11 is 0. The zero-order valence-electron chi connectivity index (χ0n) is 12.5. The van der Waals surface area contributed by atoms with Crippen LogP contribution in [0.25, 0.3) is 0 Å². The lowest BCUT2D eigenvalue weighted by atomic mass is 10.2. The van der Waals surface area contributed by atoms with E-state index in [2.05, 4.69) is 11.6 Å². The molecule has 0 aromatic heterocycles. The summed E-state index contributed by atoms with van der Waals surface area (Å²) < 4.78 is 16.1. The first-order valence-corrected chi connectivity index (χ1v) is 9.41. The number of unbranched alkanes of at least 4 members (excludes halogenated alkanes) is 1. The summed E-state index contributed by atoms with van der Waals surface area (Å²) in [6, 6.07) is 20.4. The molecule has 21 heavy (non-hydrogen) atoms. The van der Waals surface area contributed by atoms with Gasteiger partial charge in [-0.25, -0.2) is 4.67 Å². The third kappa shape index (κ3) is 2.84. The van der Waals surface area contributed by atoms with E-state index in [0.717, 1.165) is 23.6 Å². The molecule has 1 saturated heterocycles. The quantitative estimate of drug-likeness (QED) is 0.597. The normalized spacial score (nSPS) is 21.2. The highest BCUT2D eigenvalue weighted by molar-refractivity contribution is 7.76. The van der Waals surface area contributed by atoms with Crippen LogP contribution in [0.1, 0.15) is 26.2 Å². The maximum absolute atomic E-state index is 13.9. The van der Waals surface area contributed by atoms with Gasteiger partial charge in [-0.3, -0.25) is 4.57 Å². The van der Waals surface area contributed by atoms with Crippen LogP contribution in [-0.4, -0.2) is 17.3 Å². The summed E-state index contributed by atoms with van der Waals surface area (Å²) in [5.41, 5.74) is 0. The summed E-state index contributed by atoms with van der Waals surface area (Å²) in [5.74, 6) is 0. The lowest BCUT2D eigenvalue weighted by molar-refractivity contribution is 0.550. The predicted octanol–water partition coefficient (Wildman–Crippen LogP) is 3.79. The first-order chi connectivity index (χ1) is 10.3. The second-order valence-corrected chi connectivity index (χ2v) is 8.36. The standard InChI is InChI=1S/C18H22NOP/c1-2-3-10-16-15-19(16)21(20,17-11-6-4-7-12-17)18-13-8-5-9-14-18/h4-9,11-14,16H,2-3,10,15H2,1H3. The van der Waals surface area contributed by atoms with E-state index in [9.17, 15) is 4.57 Å². The van der Waals surface area contributed by atoms with Gasteiger partial charge in [-0.1, -0.05) is 56.2 Å². The zero-order valence-corrected chi connectivity index (χ0v) is 13.4. The fourth-order valence-corrected chi connectivity index (χ4v) is 5.94. The van der Waals surface area contributed by atoms with Crippen molar-refractivity contribution in [2.45, 2.75) is 32.2 Å². The molecule has 2 aromatic carbocycles. The summed E-state index contributed by atoms with van der Waals surface area (Å²) in [6.45, 7) is 3.17. The molecule has 2 atom stereocenters. The smallest absolute Gasteiger partial charge is 0.207 e. The molecule has 110 valence electrons. The molecular weight excluding hydrogens is 277 g/mol. The van der Waals surface area contributed by atoms with Gasteiger partial charge in [-0.2, -0.15) is 0 Å². The van der Waals surface area contributed by atoms with Crippen LogP contribution in [0, 0.1) is 0 Å². The topological polar surface area (TPSA) is 20.1 Å². The van der Waals surface area contributed by atoms with E-state index in [-0.39, 0.29) is 0 Å². The summed E-state index contributed by atoms with van der Waals surface area (Å²) in [5, 5.41) is 1.91. The van der Waals surface area contributed by atoms with Gasteiger partial charge in [0.1, 0.15) is 0 Å². The number of nitrogens with zero attached hydrogens (tertiary/aromatic N) is 1. The van der Waals surface area contributed by atoms with E-state index >= 15 is 0 Å². The predicted molar refractivity (Wildman–Crippen MR) is 89.8 cm³/mol. The Morgan fingerprint density at radius 2 is 1.52 bits per heavy atom. The Balaban J connectivity index is 1.96. The molecule has 1 aliphatic rings. The van der Waals surface area contributed by atoms with Gasteiger partial charge >= 0.3 is 0 Å². The SMILES string of the molecule is CCCCC1CN1P(=O)(c1ccccc1)c1ccccc1. The van der Waals surface area contributed by atoms with E-state index in [0.29, 0.717) is 6.04 Å². The fraction of sp³-hybridized carbons (Fsp3) is 0.333. The maximum Gasteiger partial charge on any atom is 0.207 e. The van der Waals surface area contributed by atoms with Crippen molar-refractivity contribution in [1.29, 1.82) is 0 Å². The molecule has 1 fully saturated rings. The van der Waals surface area contributed by atoms with Crippen LogP contribution in [0.15, 0.2) is 60.7 Å². The molecule has 0 N–H and O–H groups in total. The Bertz CT molecular complexity index is 583. The Kier molecular flexibility index (Phi) is 4.28. The molecule has 0 spiro atoms. The third-order valence-electron chi connectivity index (χ3n) is 4.15. The second kappa shape index (κ2) is 6.17. The summed E-state index contributed by atoms with van der Waals surface area (Å²) in [6.07, 6.45) is 3.57. The summed E-state index contributed by atoms with van der Waals surface area (Å²) in [4.78, 5) is 0. The molecule has 1 aliphatic heterocycles. The van der Waals surface area contributed by atoms with E-state index in [1.165, 1.54) is 12.8 Å². The highest BCUT2D eigenvalue weighted by Gasteiger charge is 2.48. The maximum atomic E-state index is 13.9. The summed E-state index contributed by atoms with van der Waals surface area (Å²) in [7, 11) is -2.65. The van der Waals surface area contributed by atoms with Gasteiger partial charge in [0, 0.05) is 23.2 Å². The molecular formula is C18H22NOP. The molecule has 0 aliphatic carbocycles. The third-order valence-corrected chi connectivity index (χ3v) is 7.36. The van der Waals surface area contributed by atoms with Crippen molar-refractivity contribution in [2.75, 3.05) is 6.54 Å². The molecule has 2 unspecified atom stereocenters. The molecule has 0 saturated carbocycles. The van der Waals surface area contributed by atoms with E-state index in [1.54, 1.807) is 0 Å². The van der Waals surface area contributed by atoms with Crippen LogP contribution in [0.3, 0.4) is 0 Å². The van der Waals surface area contributed by atoms with Crippen LogP contribution in [0.2, 0.25) is 0 Å². The molecule has 0 amide bonds. The zero-order chi connectivity index (χ0) is 14.7. The van der Waals surface area contributed by atoms with Crippen LogP contribution in [-0.2, 0) is 4.57 Å². The average molecular weight is 299 g/mol. The van der Waals surface area contributed by atoms with Crippen LogP contribution in [0.5, 0.6) is 0 Å². The van der Waals surface area contributed by atoms with Crippen molar-refractivity contribution in [3.63, 3.8) is 0 Å². The molecule has 3 heteroatoms. The minimum Gasteiger partial charge on any atom is -0.296 e. The first kappa shape index (κ1) is 14.6. The lowest BCUT2D eigenvalue weighted by Crippen LogP contribution is -2.22. The van der Waals surface area contributed by atoms with Gasteiger partial charge in [-0.15, -0.1) is 0 Å². The van der Waals surface area contributed by atoms with Gasteiger partial charge in [0.15, 0.2) is 0 Å². The first-order valence-electron chi connectivity index (χ1n) is 7.75. The molecule has 2 aromatic rings. The second-order valence-electron chi connectivity index (χ2n) is 5.67. The Labute approximate surface area is 127 Å². The average Bonchev–Trinajstić information content (AvgIpc) is 3.34. The van der Waals surface area contributed by atoms with Crippen LogP contribution < -0.4 is 10.6 Å². The Hall–Kier alpha value is -1.37. The number of hydrogen-bond donors (Lipinski definition) is 0. The van der Waals surface area contributed by atoms with Crippen molar-refractivity contribution in [1.82, 2.24) is 4.67 Å². The minimum absolute atomic E-state index is 0.483. The highest BCUT2D eigenvalue weighted by atomic mass is 31.2. The number of rotatable bonds is 6. The molecule has 0 radical (unpaired) electrons. The van der Waals surface area contributed by atoms with Gasteiger partial charge in [-0.05, 0) is 30.7 Å². The monoisotopic (exact) mass is 299 g/mol. The molecule has 0 bridgehead atoms. The molecule has 3 rings (SSSR count). The molecule has 1 heterocycles. The van der Waals surface area contributed by atoms with E-state index in [1.807, 2.05) is 60.7 Å². The minimum atomic E-state index is -2.65. The van der Waals surface area contributed by atoms with E-state index in [4.69, 9.17) is 0 Å². The van der Waals surface area contributed by atoms with Gasteiger partial charge < -0.3 is 0 Å². The lowest BCUT2D eigenvalue weighted by Gasteiger charge is -2.21. The number of hydrogen-bond acceptors (Lipinski definition) is 1. The highest BCUT2D eigenvalue weighted by Crippen LogP contribution is 2.55. The van der Waals surface area contributed by atoms with Crippen LogP contribution >= 0.6 is 7.29 Å². The van der Waals surface area contributed by atoms with Crippen molar-refractivity contribution < 1.29 is 4.57 Å². The Morgan fingerprint density at radius 3 is 2.00 bits per heavy atom. The van der Waals surface area contributed by atoms with Crippen LogP contribution in [0.4, 0.5) is 0 Å². The van der Waals surface area contributed by atoms with Gasteiger partial charge in [0.05, 0.1) is 0 Å².